The molecule has 1 aliphatic heterocycles. The van der Waals surface area contributed by atoms with Crippen LogP contribution in [-0.2, 0) is 13.0 Å². The highest BCUT2D eigenvalue weighted by Crippen LogP contribution is 2.32. The summed E-state index contributed by atoms with van der Waals surface area (Å²) in [5, 5.41) is 7.50. The summed E-state index contributed by atoms with van der Waals surface area (Å²) in [6, 6.07) is 5.18. The molecule has 5 nitrogen and oxygen atoms in total. The maximum atomic E-state index is 14.1. The van der Waals surface area contributed by atoms with E-state index in [0.717, 1.165) is 50.5 Å². The second-order valence-electron chi connectivity index (χ2n) is 6.10. The fraction of sp³-hybridized carbons (Fsp3) is 0.500. The van der Waals surface area contributed by atoms with Gasteiger partial charge in [-0.3, -0.25) is 4.90 Å². The third-order valence-electron chi connectivity index (χ3n) is 4.31. The fourth-order valence-corrected chi connectivity index (χ4v) is 3.03. The monoisotopic (exact) mass is 333 g/mol. The molecule has 1 fully saturated rings. The SMILES string of the molecule is CCCc1cc(-c2cc(CN3CCNCC3)on2)c(OC)cc1F. The molecular weight excluding hydrogens is 309 g/mol. The normalized spacial score (nSPS) is 15.6. The largest absolute Gasteiger partial charge is 0.496 e. The first-order chi connectivity index (χ1) is 11.7. The van der Waals surface area contributed by atoms with Crippen molar-refractivity contribution in [3.8, 4) is 17.0 Å². The lowest BCUT2D eigenvalue weighted by Crippen LogP contribution is -2.42. The van der Waals surface area contributed by atoms with E-state index >= 15 is 0 Å². The van der Waals surface area contributed by atoms with Gasteiger partial charge in [0.2, 0.25) is 0 Å². The van der Waals surface area contributed by atoms with Crippen molar-refractivity contribution in [2.75, 3.05) is 33.3 Å². The van der Waals surface area contributed by atoms with Gasteiger partial charge in [0.25, 0.3) is 0 Å². The number of hydrogen-bond donors (Lipinski definition) is 1. The molecule has 130 valence electrons. The average Bonchev–Trinajstić information content (AvgIpc) is 3.05. The van der Waals surface area contributed by atoms with Gasteiger partial charge in [0.15, 0.2) is 5.76 Å². The second-order valence-corrected chi connectivity index (χ2v) is 6.10. The van der Waals surface area contributed by atoms with Gasteiger partial charge in [-0.15, -0.1) is 0 Å². The number of methoxy groups -OCH3 is 1. The Balaban J connectivity index is 1.84. The maximum Gasteiger partial charge on any atom is 0.151 e. The van der Waals surface area contributed by atoms with Crippen molar-refractivity contribution < 1.29 is 13.7 Å². The van der Waals surface area contributed by atoms with E-state index in [1.807, 2.05) is 19.1 Å². The lowest BCUT2D eigenvalue weighted by molar-refractivity contribution is 0.207. The van der Waals surface area contributed by atoms with E-state index in [4.69, 9.17) is 9.26 Å². The van der Waals surface area contributed by atoms with Gasteiger partial charge < -0.3 is 14.6 Å². The molecule has 0 amide bonds. The Hall–Kier alpha value is -1.92. The van der Waals surface area contributed by atoms with Crippen LogP contribution >= 0.6 is 0 Å². The summed E-state index contributed by atoms with van der Waals surface area (Å²) in [4.78, 5) is 2.32. The van der Waals surface area contributed by atoms with Crippen molar-refractivity contribution in [2.24, 2.45) is 0 Å². The number of ether oxygens (including phenoxy) is 1. The molecule has 1 aliphatic rings. The molecule has 0 unspecified atom stereocenters. The Morgan fingerprint density at radius 1 is 1.29 bits per heavy atom. The summed E-state index contributed by atoms with van der Waals surface area (Å²) < 4.78 is 24.9. The molecule has 24 heavy (non-hydrogen) atoms. The average molecular weight is 333 g/mol. The summed E-state index contributed by atoms with van der Waals surface area (Å²) >= 11 is 0. The minimum Gasteiger partial charge on any atom is -0.496 e. The van der Waals surface area contributed by atoms with Crippen LogP contribution in [0.1, 0.15) is 24.7 Å². The number of aryl methyl sites for hydroxylation is 1. The summed E-state index contributed by atoms with van der Waals surface area (Å²) in [5.74, 6) is 1.06. The van der Waals surface area contributed by atoms with Gasteiger partial charge in [0.1, 0.15) is 17.3 Å². The Bertz CT molecular complexity index is 681. The second kappa shape index (κ2) is 7.77. The Kier molecular flexibility index (Phi) is 5.48. The van der Waals surface area contributed by atoms with E-state index in [-0.39, 0.29) is 5.82 Å². The molecule has 1 aromatic carbocycles. The lowest BCUT2D eigenvalue weighted by Gasteiger charge is -2.25. The smallest absolute Gasteiger partial charge is 0.151 e. The van der Waals surface area contributed by atoms with Crippen LogP contribution < -0.4 is 10.1 Å². The van der Waals surface area contributed by atoms with E-state index in [1.165, 1.54) is 6.07 Å². The van der Waals surface area contributed by atoms with E-state index in [2.05, 4.69) is 15.4 Å². The molecule has 3 rings (SSSR count). The van der Waals surface area contributed by atoms with Crippen LogP contribution in [0.3, 0.4) is 0 Å². The Morgan fingerprint density at radius 3 is 2.79 bits per heavy atom. The molecule has 1 N–H and O–H groups in total. The van der Waals surface area contributed by atoms with Gasteiger partial charge in [0.05, 0.1) is 13.7 Å². The molecule has 0 atom stereocenters. The zero-order valence-electron chi connectivity index (χ0n) is 14.3. The van der Waals surface area contributed by atoms with Crippen LogP contribution in [0.25, 0.3) is 11.3 Å². The molecule has 0 spiro atoms. The van der Waals surface area contributed by atoms with Crippen molar-refractivity contribution in [1.82, 2.24) is 15.4 Å². The molecular formula is C18H24FN3O2. The number of hydrogen-bond acceptors (Lipinski definition) is 5. The number of aromatic nitrogens is 1. The Morgan fingerprint density at radius 2 is 2.08 bits per heavy atom. The van der Waals surface area contributed by atoms with E-state index in [9.17, 15) is 4.39 Å². The zero-order valence-corrected chi connectivity index (χ0v) is 14.3. The van der Waals surface area contributed by atoms with Gasteiger partial charge >= 0.3 is 0 Å². The predicted octanol–water partition coefficient (Wildman–Crippen LogP) is 2.85. The first-order valence-corrected chi connectivity index (χ1v) is 8.46. The highest BCUT2D eigenvalue weighted by molar-refractivity contribution is 5.68. The molecule has 2 heterocycles. The number of halogens is 1. The minimum absolute atomic E-state index is 0.234. The minimum atomic E-state index is -0.234. The van der Waals surface area contributed by atoms with Gasteiger partial charge in [-0.05, 0) is 18.1 Å². The van der Waals surface area contributed by atoms with Crippen molar-refractivity contribution in [3.05, 3.63) is 35.3 Å². The number of nitrogens with zero attached hydrogens (tertiary/aromatic N) is 2. The van der Waals surface area contributed by atoms with Crippen LogP contribution in [0.5, 0.6) is 5.75 Å². The Labute approximate surface area is 141 Å². The van der Waals surface area contributed by atoms with Crippen LogP contribution in [0.4, 0.5) is 4.39 Å². The van der Waals surface area contributed by atoms with Gasteiger partial charge in [-0.25, -0.2) is 4.39 Å². The van der Waals surface area contributed by atoms with Crippen LogP contribution in [0.15, 0.2) is 22.7 Å². The van der Waals surface area contributed by atoms with E-state index < -0.39 is 0 Å². The van der Waals surface area contributed by atoms with Gasteiger partial charge in [0, 0.05) is 43.9 Å². The summed E-state index contributed by atoms with van der Waals surface area (Å²) in [5.41, 5.74) is 2.15. The number of piperazine rings is 1. The molecule has 1 aromatic heterocycles. The topological polar surface area (TPSA) is 50.5 Å². The lowest BCUT2D eigenvalue weighted by atomic mass is 10.0. The molecule has 0 aliphatic carbocycles. The van der Waals surface area contributed by atoms with Crippen molar-refractivity contribution in [3.63, 3.8) is 0 Å². The molecule has 0 saturated carbocycles. The highest BCUT2D eigenvalue weighted by Gasteiger charge is 2.17. The van der Waals surface area contributed by atoms with E-state index in [1.54, 1.807) is 7.11 Å². The van der Waals surface area contributed by atoms with Crippen LogP contribution in [0.2, 0.25) is 0 Å². The van der Waals surface area contributed by atoms with Crippen molar-refractivity contribution >= 4 is 0 Å². The summed E-state index contributed by atoms with van der Waals surface area (Å²) in [6.07, 6.45) is 1.57. The molecule has 0 radical (unpaired) electrons. The van der Waals surface area contributed by atoms with Gasteiger partial charge in [-0.1, -0.05) is 18.5 Å². The van der Waals surface area contributed by atoms with E-state index in [0.29, 0.717) is 23.4 Å². The molecule has 1 saturated heterocycles. The first kappa shape index (κ1) is 16.9. The predicted molar refractivity (Wildman–Crippen MR) is 90.6 cm³/mol. The maximum absolute atomic E-state index is 14.1. The molecule has 2 aromatic rings. The number of rotatable bonds is 6. The highest BCUT2D eigenvalue weighted by atomic mass is 19.1. The van der Waals surface area contributed by atoms with Crippen LogP contribution in [0, 0.1) is 5.82 Å². The van der Waals surface area contributed by atoms with Crippen molar-refractivity contribution in [2.45, 2.75) is 26.3 Å². The molecule has 6 heteroatoms. The summed E-state index contributed by atoms with van der Waals surface area (Å²) in [7, 11) is 1.54. The zero-order chi connectivity index (χ0) is 16.9. The third kappa shape index (κ3) is 3.76. The van der Waals surface area contributed by atoms with Crippen LogP contribution in [-0.4, -0.2) is 43.3 Å². The van der Waals surface area contributed by atoms with Gasteiger partial charge in [-0.2, -0.15) is 0 Å². The number of nitrogens with one attached hydrogen (secondary N) is 1. The molecule has 0 bridgehead atoms. The van der Waals surface area contributed by atoms with Crippen molar-refractivity contribution in [1.29, 1.82) is 0 Å². The standard InChI is InChI=1S/C18H24FN3O2/c1-3-4-13-9-15(18(23-2)11-16(13)19)17-10-14(24-21-17)12-22-7-5-20-6-8-22/h9-11,20H,3-8,12H2,1-2H3. The first-order valence-electron chi connectivity index (χ1n) is 8.46. The third-order valence-corrected chi connectivity index (χ3v) is 4.31. The quantitative estimate of drug-likeness (QED) is 0.881. The fourth-order valence-electron chi connectivity index (χ4n) is 3.03. The number of benzene rings is 1. The summed E-state index contributed by atoms with van der Waals surface area (Å²) in [6.45, 7) is 6.75.